The number of aliphatic hydroxyl groups is 1. The standard InChI is InChI=1S/C21H27N3O3S/c25-19-16-17(28(26,27)20-8-2-1-7-18(19)20)6-5-11-23-12-14-24(15-13-23)21-9-3-4-10-22-21/h1-4,7-10,17,19,25H,5-6,11-16H2. The first-order valence-corrected chi connectivity index (χ1v) is 11.5. The molecule has 1 aromatic heterocycles. The van der Waals surface area contributed by atoms with Crippen molar-refractivity contribution in [1.82, 2.24) is 9.88 Å². The number of piperazine rings is 1. The molecule has 1 N–H and O–H groups in total. The summed E-state index contributed by atoms with van der Waals surface area (Å²) < 4.78 is 25.8. The van der Waals surface area contributed by atoms with Crippen LogP contribution in [0.25, 0.3) is 0 Å². The summed E-state index contributed by atoms with van der Waals surface area (Å²) in [6.45, 7) is 4.67. The summed E-state index contributed by atoms with van der Waals surface area (Å²) in [5.74, 6) is 1.02. The topological polar surface area (TPSA) is 73.7 Å². The molecule has 1 saturated heterocycles. The zero-order chi connectivity index (χ0) is 19.6. The van der Waals surface area contributed by atoms with E-state index in [2.05, 4.69) is 14.8 Å². The van der Waals surface area contributed by atoms with Gasteiger partial charge < -0.3 is 10.0 Å². The van der Waals surface area contributed by atoms with Crippen LogP contribution in [0.3, 0.4) is 0 Å². The second kappa shape index (κ2) is 8.19. The maximum absolute atomic E-state index is 12.9. The first-order valence-electron chi connectivity index (χ1n) is 9.95. The number of rotatable bonds is 5. The Kier molecular flexibility index (Phi) is 5.66. The molecule has 0 saturated carbocycles. The molecule has 0 aliphatic carbocycles. The first-order chi connectivity index (χ1) is 13.6. The number of hydrogen-bond donors (Lipinski definition) is 1. The van der Waals surface area contributed by atoms with E-state index in [9.17, 15) is 13.5 Å². The molecule has 0 spiro atoms. The molecule has 2 aromatic rings. The Labute approximate surface area is 166 Å². The zero-order valence-electron chi connectivity index (χ0n) is 15.9. The van der Waals surface area contributed by atoms with Crippen LogP contribution in [-0.4, -0.2) is 61.4 Å². The summed E-state index contributed by atoms with van der Waals surface area (Å²) in [7, 11) is -3.36. The summed E-state index contributed by atoms with van der Waals surface area (Å²) in [4.78, 5) is 9.39. The Balaban J connectivity index is 1.29. The van der Waals surface area contributed by atoms with E-state index < -0.39 is 21.2 Å². The van der Waals surface area contributed by atoms with Crippen molar-refractivity contribution in [3.8, 4) is 0 Å². The van der Waals surface area contributed by atoms with Crippen LogP contribution in [-0.2, 0) is 9.84 Å². The van der Waals surface area contributed by atoms with E-state index in [-0.39, 0.29) is 0 Å². The maximum atomic E-state index is 12.9. The predicted molar refractivity (Wildman–Crippen MR) is 109 cm³/mol. The van der Waals surface area contributed by atoms with Crippen molar-refractivity contribution in [2.24, 2.45) is 0 Å². The lowest BCUT2D eigenvalue weighted by molar-refractivity contribution is 0.156. The van der Waals surface area contributed by atoms with Gasteiger partial charge in [-0.2, -0.15) is 0 Å². The summed E-state index contributed by atoms with van der Waals surface area (Å²) in [5.41, 5.74) is 0.546. The van der Waals surface area contributed by atoms with Crippen molar-refractivity contribution < 1.29 is 13.5 Å². The lowest BCUT2D eigenvalue weighted by Crippen LogP contribution is -2.47. The SMILES string of the molecule is O=S1(=O)c2ccccc2C(O)CC1CCCN1CCN(c2ccccn2)CC1. The van der Waals surface area contributed by atoms with Crippen LogP contribution >= 0.6 is 0 Å². The average molecular weight is 402 g/mol. The van der Waals surface area contributed by atoms with Gasteiger partial charge in [-0.3, -0.25) is 4.90 Å². The molecule has 7 heteroatoms. The van der Waals surface area contributed by atoms with Crippen molar-refractivity contribution in [3.63, 3.8) is 0 Å². The van der Waals surface area contributed by atoms with E-state index in [1.165, 1.54) is 0 Å². The molecule has 28 heavy (non-hydrogen) atoms. The van der Waals surface area contributed by atoms with Crippen molar-refractivity contribution in [1.29, 1.82) is 0 Å². The van der Waals surface area contributed by atoms with Gasteiger partial charge in [-0.05, 0) is 49.6 Å². The number of aromatic nitrogens is 1. The monoisotopic (exact) mass is 401 g/mol. The number of anilines is 1. The van der Waals surface area contributed by atoms with Crippen LogP contribution in [0.15, 0.2) is 53.6 Å². The van der Waals surface area contributed by atoms with E-state index in [1.807, 2.05) is 24.4 Å². The minimum atomic E-state index is -3.36. The van der Waals surface area contributed by atoms with Gasteiger partial charge >= 0.3 is 0 Å². The van der Waals surface area contributed by atoms with Crippen LogP contribution in [0, 0.1) is 0 Å². The molecule has 3 heterocycles. The second-order valence-corrected chi connectivity index (χ2v) is 9.81. The van der Waals surface area contributed by atoms with Crippen LogP contribution in [0.2, 0.25) is 0 Å². The minimum absolute atomic E-state index is 0.298. The van der Waals surface area contributed by atoms with Gasteiger partial charge in [0.1, 0.15) is 5.82 Å². The third-order valence-electron chi connectivity index (χ3n) is 5.86. The number of nitrogens with zero attached hydrogens (tertiary/aromatic N) is 3. The molecule has 2 aliphatic heterocycles. The van der Waals surface area contributed by atoms with Crippen LogP contribution in [0.5, 0.6) is 0 Å². The minimum Gasteiger partial charge on any atom is -0.388 e. The Morgan fingerprint density at radius 2 is 1.79 bits per heavy atom. The number of pyridine rings is 1. The first kappa shape index (κ1) is 19.4. The molecule has 6 nitrogen and oxygen atoms in total. The van der Waals surface area contributed by atoms with E-state index in [1.54, 1.807) is 24.3 Å². The molecule has 2 atom stereocenters. The number of hydrogen-bond acceptors (Lipinski definition) is 6. The van der Waals surface area contributed by atoms with E-state index >= 15 is 0 Å². The highest BCUT2D eigenvalue weighted by Crippen LogP contribution is 2.37. The van der Waals surface area contributed by atoms with Gasteiger partial charge in [0.15, 0.2) is 9.84 Å². The van der Waals surface area contributed by atoms with E-state index in [4.69, 9.17) is 0 Å². The summed E-state index contributed by atoms with van der Waals surface area (Å²) in [6, 6.07) is 12.8. The highest BCUT2D eigenvalue weighted by atomic mass is 32.2. The summed E-state index contributed by atoms with van der Waals surface area (Å²) in [5, 5.41) is 9.87. The van der Waals surface area contributed by atoms with Crippen LogP contribution in [0.1, 0.15) is 30.9 Å². The van der Waals surface area contributed by atoms with Gasteiger partial charge in [-0.25, -0.2) is 13.4 Å². The fourth-order valence-corrected chi connectivity index (χ4v) is 6.33. The number of benzene rings is 1. The predicted octanol–water partition coefficient (Wildman–Crippen LogP) is 2.26. The Morgan fingerprint density at radius 1 is 1.04 bits per heavy atom. The molecule has 150 valence electrons. The summed E-state index contributed by atoms with van der Waals surface area (Å²) in [6.07, 6.45) is 2.84. The summed E-state index contributed by atoms with van der Waals surface area (Å²) >= 11 is 0. The average Bonchev–Trinajstić information content (AvgIpc) is 2.73. The van der Waals surface area contributed by atoms with E-state index in [0.29, 0.717) is 23.3 Å². The lowest BCUT2D eigenvalue weighted by atomic mass is 10.0. The van der Waals surface area contributed by atoms with Crippen LogP contribution in [0.4, 0.5) is 5.82 Å². The van der Waals surface area contributed by atoms with Gasteiger partial charge in [0, 0.05) is 32.4 Å². The van der Waals surface area contributed by atoms with E-state index in [0.717, 1.165) is 45.0 Å². The van der Waals surface area contributed by atoms with Gasteiger partial charge in [0.25, 0.3) is 0 Å². The Hall–Kier alpha value is -1.96. The molecule has 2 unspecified atom stereocenters. The highest BCUT2D eigenvalue weighted by molar-refractivity contribution is 7.92. The third-order valence-corrected chi connectivity index (χ3v) is 8.15. The molecule has 1 aromatic carbocycles. The number of aliphatic hydroxyl groups excluding tert-OH is 1. The fraction of sp³-hybridized carbons (Fsp3) is 0.476. The third kappa shape index (κ3) is 3.92. The highest BCUT2D eigenvalue weighted by Gasteiger charge is 2.37. The number of sulfone groups is 1. The molecule has 0 radical (unpaired) electrons. The van der Waals surface area contributed by atoms with Crippen molar-refractivity contribution in [2.45, 2.75) is 35.5 Å². The van der Waals surface area contributed by atoms with Gasteiger partial charge in [-0.1, -0.05) is 24.3 Å². The van der Waals surface area contributed by atoms with Crippen LogP contribution < -0.4 is 4.90 Å². The van der Waals surface area contributed by atoms with Gasteiger partial charge in [0.05, 0.1) is 16.2 Å². The molecule has 4 rings (SSSR count). The normalized spacial score (nSPS) is 24.7. The fourth-order valence-electron chi connectivity index (χ4n) is 4.25. The van der Waals surface area contributed by atoms with Crippen molar-refractivity contribution >= 4 is 15.7 Å². The smallest absolute Gasteiger partial charge is 0.181 e. The van der Waals surface area contributed by atoms with Gasteiger partial charge in [0.2, 0.25) is 0 Å². The maximum Gasteiger partial charge on any atom is 0.181 e. The zero-order valence-corrected chi connectivity index (χ0v) is 16.8. The van der Waals surface area contributed by atoms with Gasteiger partial charge in [-0.15, -0.1) is 0 Å². The molecular formula is C21H27N3O3S. The number of fused-ring (bicyclic) bond motifs is 1. The Morgan fingerprint density at radius 3 is 2.54 bits per heavy atom. The molecule has 1 fully saturated rings. The molecule has 0 amide bonds. The molecule has 0 bridgehead atoms. The van der Waals surface area contributed by atoms with Crippen molar-refractivity contribution in [3.05, 3.63) is 54.2 Å². The molecule has 2 aliphatic rings. The van der Waals surface area contributed by atoms with Crippen molar-refractivity contribution in [2.75, 3.05) is 37.6 Å². The molecular weight excluding hydrogens is 374 g/mol. The lowest BCUT2D eigenvalue weighted by Gasteiger charge is -2.35. The quantitative estimate of drug-likeness (QED) is 0.829. The Bertz CT molecular complexity index is 896. The second-order valence-electron chi connectivity index (χ2n) is 7.62. The largest absolute Gasteiger partial charge is 0.388 e.